The van der Waals surface area contributed by atoms with Crippen molar-refractivity contribution in [3.05, 3.63) is 29.8 Å². The first-order valence-electron chi connectivity index (χ1n) is 8.74. The second-order valence-electron chi connectivity index (χ2n) is 5.86. The molecule has 0 heterocycles. The number of benzene rings is 1. The summed E-state index contributed by atoms with van der Waals surface area (Å²) in [4.78, 5) is 0. The molecule has 0 radical (unpaired) electrons. The van der Waals surface area contributed by atoms with Crippen molar-refractivity contribution in [1.82, 2.24) is 5.32 Å². The first-order valence-corrected chi connectivity index (χ1v) is 8.74. The molecule has 1 unspecified atom stereocenters. The topological polar surface area (TPSA) is 21.3 Å². The van der Waals surface area contributed by atoms with E-state index in [-0.39, 0.29) is 0 Å². The molecule has 0 fully saturated rings. The van der Waals surface area contributed by atoms with E-state index >= 15 is 0 Å². The van der Waals surface area contributed by atoms with Gasteiger partial charge in [-0.15, -0.1) is 0 Å². The van der Waals surface area contributed by atoms with Crippen LogP contribution in [0.4, 0.5) is 0 Å². The summed E-state index contributed by atoms with van der Waals surface area (Å²) in [6.45, 7) is 8.62. The van der Waals surface area contributed by atoms with Gasteiger partial charge in [0.2, 0.25) is 0 Å². The van der Waals surface area contributed by atoms with Crippen LogP contribution in [0.3, 0.4) is 0 Å². The number of ether oxygens (including phenoxy) is 1. The van der Waals surface area contributed by atoms with Crippen LogP contribution in [0.2, 0.25) is 0 Å². The third kappa shape index (κ3) is 8.11. The molecule has 1 atom stereocenters. The Kier molecular flexibility index (Phi) is 9.98. The van der Waals surface area contributed by atoms with E-state index in [2.05, 4.69) is 50.4 Å². The van der Waals surface area contributed by atoms with E-state index in [1.54, 1.807) is 0 Å². The lowest BCUT2D eigenvalue weighted by Gasteiger charge is -2.14. The Balaban J connectivity index is 2.23. The van der Waals surface area contributed by atoms with E-state index in [0.29, 0.717) is 6.04 Å². The highest BCUT2D eigenvalue weighted by molar-refractivity contribution is 5.28. The Morgan fingerprint density at radius 2 is 1.57 bits per heavy atom. The Morgan fingerprint density at radius 3 is 2.24 bits per heavy atom. The normalized spacial score (nSPS) is 12.3. The molecule has 1 rings (SSSR count). The molecule has 0 saturated carbocycles. The molecule has 1 N–H and O–H groups in total. The van der Waals surface area contributed by atoms with Gasteiger partial charge in [0.05, 0.1) is 6.61 Å². The van der Waals surface area contributed by atoms with Crippen molar-refractivity contribution in [1.29, 1.82) is 0 Å². The van der Waals surface area contributed by atoms with Gasteiger partial charge < -0.3 is 10.1 Å². The molecule has 0 aliphatic carbocycles. The first-order chi connectivity index (χ1) is 10.3. The quantitative estimate of drug-likeness (QED) is 0.514. The van der Waals surface area contributed by atoms with E-state index in [1.165, 1.54) is 44.1 Å². The minimum Gasteiger partial charge on any atom is -0.494 e. The minimum absolute atomic E-state index is 0.416. The summed E-state index contributed by atoms with van der Waals surface area (Å²) in [6, 6.07) is 8.96. The molecule has 0 bridgehead atoms. The number of rotatable bonds is 12. The van der Waals surface area contributed by atoms with Crippen LogP contribution in [0.15, 0.2) is 24.3 Å². The second-order valence-corrected chi connectivity index (χ2v) is 5.86. The average molecular weight is 291 g/mol. The van der Waals surface area contributed by atoms with Gasteiger partial charge in [-0.25, -0.2) is 0 Å². The van der Waals surface area contributed by atoms with E-state index in [4.69, 9.17) is 4.74 Å². The van der Waals surface area contributed by atoms with Crippen molar-refractivity contribution in [2.24, 2.45) is 0 Å². The van der Waals surface area contributed by atoms with E-state index in [9.17, 15) is 0 Å². The van der Waals surface area contributed by atoms with Crippen molar-refractivity contribution < 1.29 is 4.74 Å². The highest BCUT2D eigenvalue weighted by Crippen LogP contribution is 2.18. The fraction of sp³-hybridized carbons (Fsp3) is 0.684. The molecule has 21 heavy (non-hydrogen) atoms. The molecule has 1 aromatic carbocycles. The largest absolute Gasteiger partial charge is 0.494 e. The van der Waals surface area contributed by atoms with Gasteiger partial charge in [-0.05, 0) is 44.0 Å². The molecular weight excluding hydrogens is 258 g/mol. The molecule has 0 aliphatic heterocycles. The van der Waals surface area contributed by atoms with Crippen LogP contribution in [0.1, 0.15) is 77.3 Å². The number of hydrogen-bond acceptors (Lipinski definition) is 2. The summed E-state index contributed by atoms with van der Waals surface area (Å²) in [5.41, 5.74) is 1.33. The fourth-order valence-electron chi connectivity index (χ4n) is 2.36. The predicted octanol–water partition coefficient (Wildman–Crippen LogP) is 5.49. The van der Waals surface area contributed by atoms with Crippen LogP contribution >= 0.6 is 0 Å². The summed E-state index contributed by atoms with van der Waals surface area (Å²) < 4.78 is 5.80. The van der Waals surface area contributed by atoms with E-state index in [0.717, 1.165) is 25.3 Å². The van der Waals surface area contributed by atoms with Crippen molar-refractivity contribution in [2.75, 3.05) is 13.2 Å². The molecule has 2 heteroatoms. The standard InChI is InChI=1S/C19H33NO/c1-4-6-8-9-10-16-21-19-13-11-18(12-14-19)17(3)20-15-7-5-2/h11-14,17,20H,4-10,15-16H2,1-3H3. The zero-order chi connectivity index (χ0) is 15.3. The van der Waals surface area contributed by atoms with E-state index in [1.807, 2.05) is 0 Å². The monoisotopic (exact) mass is 291 g/mol. The van der Waals surface area contributed by atoms with Crippen LogP contribution in [0, 0.1) is 0 Å². The maximum absolute atomic E-state index is 5.80. The van der Waals surface area contributed by atoms with Crippen LogP contribution in [-0.4, -0.2) is 13.2 Å². The van der Waals surface area contributed by atoms with Crippen molar-refractivity contribution in [2.45, 2.75) is 71.8 Å². The van der Waals surface area contributed by atoms with Crippen LogP contribution in [0.25, 0.3) is 0 Å². The van der Waals surface area contributed by atoms with Crippen LogP contribution in [-0.2, 0) is 0 Å². The van der Waals surface area contributed by atoms with E-state index < -0.39 is 0 Å². The number of hydrogen-bond donors (Lipinski definition) is 1. The first kappa shape index (κ1) is 18.0. The molecule has 2 nitrogen and oxygen atoms in total. The lowest BCUT2D eigenvalue weighted by atomic mass is 10.1. The molecule has 0 aromatic heterocycles. The molecule has 0 saturated heterocycles. The maximum Gasteiger partial charge on any atom is 0.119 e. The summed E-state index contributed by atoms with van der Waals surface area (Å²) in [6.07, 6.45) is 8.90. The zero-order valence-electron chi connectivity index (χ0n) is 14.2. The molecule has 0 amide bonds. The Hall–Kier alpha value is -1.02. The molecular formula is C19H33NO. The summed E-state index contributed by atoms with van der Waals surface area (Å²) >= 11 is 0. The van der Waals surface area contributed by atoms with Gasteiger partial charge in [-0.3, -0.25) is 0 Å². The fourth-order valence-corrected chi connectivity index (χ4v) is 2.36. The highest BCUT2D eigenvalue weighted by Gasteiger charge is 2.04. The van der Waals surface area contributed by atoms with Crippen molar-refractivity contribution >= 4 is 0 Å². The van der Waals surface area contributed by atoms with Gasteiger partial charge in [-0.2, -0.15) is 0 Å². The molecule has 1 aromatic rings. The minimum atomic E-state index is 0.416. The summed E-state index contributed by atoms with van der Waals surface area (Å²) in [7, 11) is 0. The van der Waals surface area contributed by atoms with Gasteiger partial charge in [0.25, 0.3) is 0 Å². The summed E-state index contributed by atoms with van der Waals surface area (Å²) in [5, 5.41) is 3.55. The predicted molar refractivity (Wildman–Crippen MR) is 92.0 cm³/mol. The maximum atomic E-state index is 5.80. The lowest BCUT2D eigenvalue weighted by Crippen LogP contribution is -2.19. The number of nitrogens with one attached hydrogen (secondary N) is 1. The Bertz CT molecular complexity index is 347. The van der Waals surface area contributed by atoms with Gasteiger partial charge in [0.15, 0.2) is 0 Å². The zero-order valence-corrected chi connectivity index (χ0v) is 14.2. The number of unbranched alkanes of at least 4 members (excludes halogenated alkanes) is 5. The third-order valence-electron chi connectivity index (χ3n) is 3.88. The van der Waals surface area contributed by atoms with Crippen molar-refractivity contribution in [3.63, 3.8) is 0 Å². The second kappa shape index (κ2) is 11.6. The Labute approximate surface area is 131 Å². The SMILES string of the molecule is CCCCCCCOc1ccc(C(C)NCCCC)cc1. The Morgan fingerprint density at radius 1 is 0.905 bits per heavy atom. The van der Waals surface area contributed by atoms with Crippen molar-refractivity contribution in [3.8, 4) is 5.75 Å². The smallest absolute Gasteiger partial charge is 0.119 e. The molecule has 0 spiro atoms. The van der Waals surface area contributed by atoms with Crippen LogP contribution < -0.4 is 10.1 Å². The highest BCUT2D eigenvalue weighted by atomic mass is 16.5. The van der Waals surface area contributed by atoms with Gasteiger partial charge in [-0.1, -0.05) is 58.1 Å². The van der Waals surface area contributed by atoms with Crippen LogP contribution in [0.5, 0.6) is 5.75 Å². The van der Waals surface area contributed by atoms with Gasteiger partial charge in [0.1, 0.15) is 5.75 Å². The average Bonchev–Trinajstić information content (AvgIpc) is 2.51. The molecule has 120 valence electrons. The summed E-state index contributed by atoms with van der Waals surface area (Å²) in [5.74, 6) is 0.995. The lowest BCUT2D eigenvalue weighted by molar-refractivity contribution is 0.304. The van der Waals surface area contributed by atoms with Gasteiger partial charge >= 0.3 is 0 Å². The third-order valence-corrected chi connectivity index (χ3v) is 3.88. The molecule has 0 aliphatic rings. The van der Waals surface area contributed by atoms with Gasteiger partial charge in [0, 0.05) is 6.04 Å².